The van der Waals surface area contributed by atoms with Gasteiger partial charge in [0.25, 0.3) is 0 Å². The van der Waals surface area contributed by atoms with Crippen molar-refractivity contribution in [2.24, 2.45) is 0 Å². The molecule has 1 atom stereocenters. The molecule has 3 aliphatic rings. The number of imidazole rings is 1. The van der Waals surface area contributed by atoms with Gasteiger partial charge < -0.3 is 20.4 Å². The fourth-order valence-electron chi connectivity index (χ4n) is 5.58. The van der Waals surface area contributed by atoms with Crippen LogP contribution >= 0.6 is 0 Å². The fourth-order valence-corrected chi connectivity index (χ4v) is 5.58. The first-order valence-corrected chi connectivity index (χ1v) is 13.3. The van der Waals surface area contributed by atoms with Gasteiger partial charge >= 0.3 is 17.9 Å². The second kappa shape index (κ2) is 11.5. The van der Waals surface area contributed by atoms with Crippen molar-refractivity contribution in [3.05, 3.63) is 57.7 Å². The van der Waals surface area contributed by atoms with E-state index in [1.807, 2.05) is 12.2 Å². The molecule has 222 valence electrons. The molecule has 3 amide bonds. The SMILES string of the molecule is O=C(NC1CN(Cc2cccc(F)c2F)CCN(CC(F)(F)F)C1=O)N1CCC(n2c3c([nH]c2=O)NCC=C3)CC1. The highest BCUT2D eigenvalue weighted by Gasteiger charge is 2.39. The van der Waals surface area contributed by atoms with Gasteiger partial charge in [0.2, 0.25) is 5.91 Å². The Kier molecular flexibility index (Phi) is 8.07. The summed E-state index contributed by atoms with van der Waals surface area (Å²) in [5.41, 5.74) is 0.453. The molecule has 4 heterocycles. The minimum Gasteiger partial charge on any atom is -0.366 e. The lowest BCUT2D eigenvalue weighted by Crippen LogP contribution is -2.56. The van der Waals surface area contributed by atoms with Crippen LogP contribution in [0.1, 0.15) is 30.1 Å². The maximum Gasteiger partial charge on any atom is 0.406 e. The number of likely N-dealkylation sites (tertiary alicyclic amines) is 1. The Morgan fingerprint density at radius 1 is 1.07 bits per heavy atom. The van der Waals surface area contributed by atoms with E-state index in [-0.39, 0.29) is 56.6 Å². The van der Waals surface area contributed by atoms with Crippen LogP contribution in [0.25, 0.3) is 6.08 Å². The number of rotatable bonds is 5. The molecule has 1 aromatic heterocycles. The minimum atomic E-state index is -4.66. The molecule has 2 fully saturated rings. The second-order valence-corrected chi connectivity index (χ2v) is 10.4. The zero-order valence-electron chi connectivity index (χ0n) is 22.0. The fraction of sp³-hybridized carbons (Fsp3) is 0.500. The number of aromatic amines is 1. The van der Waals surface area contributed by atoms with Crippen LogP contribution in [0.4, 0.5) is 32.6 Å². The number of hydrogen-bond acceptors (Lipinski definition) is 5. The molecule has 0 bridgehead atoms. The van der Waals surface area contributed by atoms with E-state index in [0.29, 0.717) is 30.1 Å². The Balaban J connectivity index is 1.27. The summed E-state index contributed by atoms with van der Waals surface area (Å²) in [5.74, 6) is -2.41. The Bertz CT molecular complexity index is 1380. The van der Waals surface area contributed by atoms with Gasteiger partial charge in [-0.1, -0.05) is 18.2 Å². The molecule has 3 aliphatic heterocycles. The summed E-state index contributed by atoms with van der Waals surface area (Å²) in [4.78, 5) is 45.2. The highest BCUT2D eigenvalue weighted by Crippen LogP contribution is 2.27. The van der Waals surface area contributed by atoms with Crippen LogP contribution in [0.2, 0.25) is 0 Å². The summed E-state index contributed by atoms with van der Waals surface area (Å²) >= 11 is 0. The first kappa shape index (κ1) is 28.6. The summed E-state index contributed by atoms with van der Waals surface area (Å²) in [6.07, 6.45) is 0.00174. The number of halogens is 5. The van der Waals surface area contributed by atoms with E-state index in [4.69, 9.17) is 0 Å². The highest BCUT2D eigenvalue weighted by atomic mass is 19.4. The molecule has 41 heavy (non-hydrogen) atoms. The number of urea groups is 1. The summed E-state index contributed by atoms with van der Waals surface area (Å²) in [6.45, 7) is -1.06. The first-order valence-electron chi connectivity index (χ1n) is 13.3. The number of hydrogen-bond donors (Lipinski definition) is 3. The van der Waals surface area contributed by atoms with Gasteiger partial charge in [-0.25, -0.2) is 18.4 Å². The van der Waals surface area contributed by atoms with Gasteiger partial charge in [0.05, 0.1) is 5.69 Å². The number of alkyl halides is 3. The molecule has 0 radical (unpaired) electrons. The Hall–Kier alpha value is -3.88. The lowest BCUT2D eigenvalue weighted by atomic mass is 10.0. The monoisotopic (exact) mass is 583 g/mol. The maximum atomic E-state index is 14.3. The van der Waals surface area contributed by atoms with Crippen LogP contribution in [0.5, 0.6) is 0 Å². The van der Waals surface area contributed by atoms with Crippen molar-refractivity contribution in [3.8, 4) is 0 Å². The van der Waals surface area contributed by atoms with Gasteiger partial charge in [0.1, 0.15) is 18.4 Å². The standard InChI is InChI=1S/C26H30F5N7O3/c27-18-4-1-3-16(21(18)28)13-35-11-12-37(15-26(29,30)31)23(39)19(14-35)33-24(40)36-9-6-17(7-10-36)38-20-5-2-8-32-22(20)34-25(38)41/h1-5,17,19,32H,6-15H2,(H,33,40)(H,34,41). The molecule has 2 aromatic rings. The average Bonchev–Trinajstić information content (AvgIpc) is 3.20. The van der Waals surface area contributed by atoms with Gasteiger partial charge in [-0.3, -0.25) is 19.2 Å². The van der Waals surface area contributed by atoms with Crippen molar-refractivity contribution in [2.45, 2.75) is 37.6 Å². The van der Waals surface area contributed by atoms with Crippen LogP contribution in [0.15, 0.2) is 29.1 Å². The number of anilines is 1. The quantitative estimate of drug-likeness (QED) is 0.470. The van der Waals surface area contributed by atoms with E-state index in [1.54, 1.807) is 4.57 Å². The number of nitrogens with one attached hydrogen (secondary N) is 3. The highest BCUT2D eigenvalue weighted by molar-refractivity contribution is 5.87. The molecule has 0 spiro atoms. The number of fused-ring (bicyclic) bond motifs is 1. The van der Waals surface area contributed by atoms with Crippen LogP contribution < -0.4 is 16.3 Å². The smallest absolute Gasteiger partial charge is 0.366 e. The van der Waals surface area contributed by atoms with E-state index in [2.05, 4.69) is 15.6 Å². The number of H-pyrrole nitrogens is 1. The van der Waals surface area contributed by atoms with E-state index < -0.39 is 42.3 Å². The summed E-state index contributed by atoms with van der Waals surface area (Å²) < 4.78 is 69.4. The average molecular weight is 584 g/mol. The normalized spacial score (nSPS) is 20.5. The van der Waals surface area contributed by atoms with Crippen molar-refractivity contribution in [1.82, 2.24) is 29.6 Å². The molecule has 2 saturated heterocycles. The molecule has 1 aromatic carbocycles. The van der Waals surface area contributed by atoms with Gasteiger partial charge in [0, 0.05) is 57.4 Å². The molecule has 0 aliphatic carbocycles. The number of benzene rings is 1. The van der Waals surface area contributed by atoms with E-state index >= 15 is 0 Å². The van der Waals surface area contributed by atoms with Gasteiger partial charge in [-0.2, -0.15) is 13.2 Å². The van der Waals surface area contributed by atoms with Crippen molar-refractivity contribution >= 4 is 23.8 Å². The molecule has 1 unspecified atom stereocenters. The zero-order chi connectivity index (χ0) is 29.3. The van der Waals surface area contributed by atoms with Crippen molar-refractivity contribution in [2.75, 3.05) is 51.1 Å². The molecule has 10 nitrogen and oxygen atoms in total. The third-order valence-corrected chi connectivity index (χ3v) is 7.59. The molecular weight excluding hydrogens is 553 g/mol. The minimum absolute atomic E-state index is 0.0129. The lowest BCUT2D eigenvalue weighted by molar-refractivity contribution is -0.161. The van der Waals surface area contributed by atoms with Gasteiger partial charge in [-0.05, 0) is 25.0 Å². The first-order chi connectivity index (χ1) is 19.5. The third-order valence-electron chi connectivity index (χ3n) is 7.59. The number of carbonyl (C=O) groups is 2. The van der Waals surface area contributed by atoms with Crippen molar-refractivity contribution in [1.29, 1.82) is 0 Å². The largest absolute Gasteiger partial charge is 0.406 e. The van der Waals surface area contributed by atoms with Crippen LogP contribution in [-0.2, 0) is 11.3 Å². The predicted molar refractivity (Wildman–Crippen MR) is 139 cm³/mol. The van der Waals surface area contributed by atoms with E-state index in [1.165, 1.54) is 21.9 Å². The van der Waals surface area contributed by atoms with E-state index in [9.17, 15) is 36.3 Å². The Morgan fingerprint density at radius 2 is 1.83 bits per heavy atom. The molecule has 5 rings (SSSR count). The van der Waals surface area contributed by atoms with Crippen molar-refractivity contribution in [3.63, 3.8) is 0 Å². The Labute approximate surface area is 231 Å². The number of nitrogens with zero attached hydrogens (tertiary/aromatic N) is 4. The summed E-state index contributed by atoms with van der Waals surface area (Å²) in [6, 6.07) is 1.50. The number of amides is 3. The zero-order valence-corrected chi connectivity index (χ0v) is 22.0. The number of carbonyl (C=O) groups excluding carboxylic acids is 2. The van der Waals surface area contributed by atoms with Crippen LogP contribution in [0, 0.1) is 11.6 Å². The number of aromatic nitrogens is 2. The molecular formula is C26H30F5N7O3. The topological polar surface area (TPSA) is 106 Å². The summed E-state index contributed by atoms with van der Waals surface area (Å²) in [7, 11) is 0. The Morgan fingerprint density at radius 3 is 2.56 bits per heavy atom. The lowest BCUT2D eigenvalue weighted by Gasteiger charge is -2.34. The predicted octanol–water partition coefficient (Wildman–Crippen LogP) is 2.52. The van der Waals surface area contributed by atoms with Crippen molar-refractivity contribution < 1.29 is 31.5 Å². The maximum absolute atomic E-state index is 14.3. The van der Waals surface area contributed by atoms with Crippen LogP contribution in [-0.4, -0.2) is 94.2 Å². The van der Waals surface area contributed by atoms with Crippen LogP contribution in [0.3, 0.4) is 0 Å². The van der Waals surface area contributed by atoms with Gasteiger partial charge in [0.15, 0.2) is 11.6 Å². The summed E-state index contributed by atoms with van der Waals surface area (Å²) in [5, 5.41) is 5.67. The third kappa shape index (κ3) is 6.39. The second-order valence-electron chi connectivity index (χ2n) is 10.4. The van der Waals surface area contributed by atoms with E-state index in [0.717, 1.165) is 11.8 Å². The number of piperidine rings is 1. The molecule has 15 heteroatoms. The molecule has 0 saturated carbocycles. The molecule has 3 N–H and O–H groups in total. The van der Waals surface area contributed by atoms with Gasteiger partial charge in [-0.15, -0.1) is 0 Å².